The Morgan fingerprint density at radius 3 is 1.67 bits per heavy atom. The molecule has 0 rings (SSSR count). The zero-order chi connectivity index (χ0) is 9.78. The smallest absolute Gasteiger partial charge is 0.0657 e. The van der Waals surface area contributed by atoms with Gasteiger partial charge in [-0.3, -0.25) is 0 Å². The van der Waals surface area contributed by atoms with Crippen LogP contribution in [0.3, 0.4) is 0 Å². The molecule has 0 amide bonds. The molecule has 0 fully saturated rings. The Balaban J connectivity index is 4.64. The molecule has 0 aliphatic heterocycles. The maximum atomic E-state index is 5.89. The molecule has 0 saturated heterocycles. The van der Waals surface area contributed by atoms with Crippen molar-refractivity contribution in [2.75, 3.05) is 6.54 Å². The van der Waals surface area contributed by atoms with Crippen LogP contribution < -0.4 is 22.9 Å². The molecule has 0 aromatic heterocycles. The molecule has 2 atom stereocenters. The number of rotatable bonds is 5. The van der Waals surface area contributed by atoms with Gasteiger partial charge in [0.25, 0.3) is 0 Å². The molecule has 0 bridgehead atoms. The van der Waals surface area contributed by atoms with Crippen molar-refractivity contribution in [3.8, 4) is 0 Å². The van der Waals surface area contributed by atoms with E-state index in [0.29, 0.717) is 0 Å². The fourth-order valence-corrected chi connectivity index (χ4v) is 0.933. The van der Waals surface area contributed by atoms with Gasteiger partial charge in [-0.25, -0.2) is 0 Å². The summed E-state index contributed by atoms with van der Waals surface area (Å²) in [5.41, 5.74) is 21.9. The molecule has 0 heterocycles. The van der Waals surface area contributed by atoms with Crippen LogP contribution >= 0.6 is 0 Å². The van der Waals surface area contributed by atoms with Gasteiger partial charge in [-0.05, 0) is 0 Å². The van der Waals surface area contributed by atoms with Gasteiger partial charge in [-0.2, -0.15) is 0 Å². The Kier molecular flexibility index (Phi) is 4.12. The van der Waals surface area contributed by atoms with E-state index in [9.17, 15) is 0 Å². The summed E-state index contributed by atoms with van der Waals surface area (Å²) in [6, 6.07) is -0.842. The van der Waals surface area contributed by atoms with E-state index in [1.54, 1.807) is 0 Å². The van der Waals surface area contributed by atoms with Gasteiger partial charge in [0.15, 0.2) is 0 Å². The second-order valence-corrected chi connectivity index (χ2v) is 2.84. The molecular formula is C8H18N4. The van der Waals surface area contributed by atoms with Gasteiger partial charge in [0.1, 0.15) is 0 Å². The maximum Gasteiger partial charge on any atom is 0.0657 e. The van der Waals surface area contributed by atoms with Crippen LogP contribution in [-0.4, -0.2) is 24.2 Å². The highest BCUT2D eigenvalue weighted by Gasteiger charge is 2.34. The minimum Gasteiger partial charge on any atom is -0.329 e. The summed E-state index contributed by atoms with van der Waals surface area (Å²) in [5, 5.41) is 0. The first-order valence-electron chi connectivity index (χ1n) is 3.78. The lowest BCUT2D eigenvalue weighted by Crippen LogP contribution is -2.68. The van der Waals surface area contributed by atoms with Crippen molar-refractivity contribution in [1.29, 1.82) is 0 Å². The van der Waals surface area contributed by atoms with E-state index in [2.05, 4.69) is 13.2 Å². The molecule has 0 spiro atoms. The van der Waals surface area contributed by atoms with Crippen molar-refractivity contribution in [3.05, 3.63) is 25.3 Å². The molecule has 0 radical (unpaired) electrons. The summed E-state index contributed by atoms with van der Waals surface area (Å²) < 4.78 is 0. The first-order valence-corrected chi connectivity index (χ1v) is 3.78. The van der Waals surface area contributed by atoms with Gasteiger partial charge >= 0.3 is 0 Å². The van der Waals surface area contributed by atoms with Crippen LogP contribution in [0, 0.1) is 0 Å². The molecule has 0 aromatic rings. The van der Waals surface area contributed by atoms with Crippen LogP contribution in [0.5, 0.6) is 0 Å². The van der Waals surface area contributed by atoms with Gasteiger partial charge in [0.05, 0.1) is 5.54 Å². The van der Waals surface area contributed by atoms with Gasteiger partial charge in [0.2, 0.25) is 0 Å². The topological polar surface area (TPSA) is 104 Å². The Hall–Kier alpha value is -0.680. The van der Waals surface area contributed by atoms with Crippen LogP contribution in [0.2, 0.25) is 0 Å². The maximum absolute atomic E-state index is 5.89. The Morgan fingerprint density at radius 1 is 1.17 bits per heavy atom. The van der Waals surface area contributed by atoms with E-state index in [1.807, 2.05) is 0 Å². The highest BCUT2D eigenvalue weighted by Crippen LogP contribution is 2.09. The third-order valence-electron chi connectivity index (χ3n) is 2.10. The Labute approximate surface area is 73.3 Å². The molecule has 70 valence electrons. The quantitative estimate of drug-likeness (QED) is 0.384. The molecule has 12 heavy (non-hydrogen) atoms. The summed E-state index contributed by atoms with van der Waals surface area (Å²) >= 11 is 0. The van der Waals surface area contributed by atoms with Crippen LogP contribution in [0.25, 0.3) is 0 Å². The van der Waals surface area contributed by atoms with Crippen molar-refractivity contribution in [2.45, 2.75) is 17.6 Å². The molecule has 4 heteroatoms. The zero-order valence-corrected chi connectivity index (χ0v) is 7.24. The lowest BCUT2D eigenvalue weighted by Gasteiger charge is -2.36. The van der Waals surface area contributed by atoms with E-state index in [-0.39, 0.29) is 6.54 Å². The van der Waals surface area contributed by atoms with Crippen molar-refractivity contribution in [3.63, 3.8) is 0 Å². The standard InChI is InChI=1S/C8H18N4/c1-3-6(10)8(12,5-9)7(11)4-2/h3-4,6-7H,1-2,5,9-12H2. The Bertz CT molecular complexity index is 152. The predicted octanol–water partition coefficient (Wildman–Crippen LogP) is -1.33. The average molecular weight is 170 g/mol. The normalized spacial score (nSPS) is 20.7. The van der Waals surface area contributed by atoms with E-state index >= 15 is 0 Å². The fourth-order valence-electron chi connectivity index (χ4n) is 0.933. The fraction of sp³-hybridized carbons (Fsp3) is 0.500. The molecule has 4 nitrogen and oxygen atoms in total. The highest BCUT2D eigenvalue weighted by molar-refractivity contribution is 5.14. The van der Waals surface area contributed by atoms with Crippen molar-refractivity contribution in [2.24, 2.45) is 22.9 Å². The van der Waals surface area contributed by atoms with Crippen molar-refractivity contribution < 1.29 is 0 Å². The first-order chi connectivity index (χ1) is 5.52. The monoisotopic (exact) mass is 170 g/mol. The lowest BCUT2D eigenvalue weighted by atomic mass is 9.84. The number of hydrogen-bond donors (Lipinski definition) is 4. The molecule has 0 aliphatic rings. The average Bonchev–Trinajstić information content (AvgIpc) is 2.13. The highest BCUT2D eigenvalue weighted by atomic mass is 15.0. The number of nitrogens with two attached hydrogens (primary N) is 4. The van der Waals surface area contributed by atoms with E-state index in [0.717, 1.165) is 0 Å². The van der Waals surface area contributed by atoms with E-state index < -0.39 is 17.6 Å². The molecular weight excluding hydrogens is 152 g/mol. The molecule has 0 aliphatic carbocycles. The van der Waals surface area contributed by atoms with E-state index in [1.165, 1.54) is 12.2 Å². The zero-order valence-electron chi connectivity index (χ0n) is 7.24. The van der Waals surface area contributed by atoms with Crippen molar-refractivity contribution in [1.82, 2.24) is 0 Å². The third-order valence-corrected chi connectivity index (χ3v) is 2.10. The summed E-state index contributed by atoms with van der Waals surface area (Å²) in [6.45, 7) is 7.28. The first kappa shape index (κ1) is 11.3. The van der Waals surface area contributed by atoms with Crippen molar-refractivity contribution >= 4 is 0 Å². The minimum absolute atomic E-state index is 0.202. The lowest BCUT2D eigenvalue weighted by molar-refractivity contribution is 0.357. The SMILES string of the molecule is C=CC(N)C(N)(CN)C(N)C=C. The van der Waals surface area contributed by atoms with Crippen LogP contribution in [0.15, 0.2) is 25.3 Å². The van der Waals surface area contributed by atoms with Gasteiger partial charge in [-0.1, -0.05) is 12.2 Å². The summed E-state index contributed by atoms with van der Waals surface area (Å²) in [6.07, 6.45) is 3.08. The Morgan fingerprint density at radius 2 is 1.50 bits per heavy atom. The molecule has 0 saturated carbocycles. The summed E-state index contributed by atoms with van der Waals surface area (Å²) in [5.74, 6) is 0. The predicted molar refractivity (Wildman–Crippen MR) is 52.3 cm³/mol. The van der Waals surface area contributed by atoms with Gasteiger partial charge in [-0.15, -0.1) is 13.2 Å². The molecule has 2 unspecified atom stereocenters. The number of hydrogen-bond acceptors (Lipinski definition) is 4. The largest absolute Gasteiger partial charge is 0.329 e. The summed E-state index contributed by atoms with van der Waals surface area (Å²) in [4.78, 5) is 0. The minimum atomic E-state index is -0.844. The van der Waals surface area contributed by atoms with Gasteiger partial charge < -0.3 is 22.9 Å². The second kappa shape index (κ2) is 4.37. The van der Waals surface area contributed by atoms with Crippen LogP contribution in [-0.2, 0) is 0 Å². The van der Waals surface area contributed by atoms with E-state index in [4.69, 9.17) is 22.9 Å². The molecule has 0 aromatic carbocycles. The second-order valence-electron chi connectivity index (χ2n) is 2.84. The summed E-state index contributed by atoms with van der Waals surface area (Å²) in [7, 11) is 0. The molecule has 8 N–H and O–H groups in total. The van der Waals surface area contributed by atoms with Crippen LogP contribution in [0.4, 0.5) is 0 Å². The van der Waals surface area contributed by atoms with Gasteiger partial charge in [0, 0.05) is 18.6 Å². The third kappa shape index (κ3) is 1.92. The van der Waals surface area contributed by atoms with Crippen LogP contribution in [0.1, 0.15) is 0 Å².